The first-order chi connectivity index (χ1) is 9.16. The summed E-state index contributed by atoms with van der Waals surface area (Å²) < 4.78 is 19.7. The van der Waals surface area contributed by atoms with Crippen LogP contribution in [-0.2, 0) is 18.6 Å². The molecule has 0 aromatic carbocycles. The van der Waals surface area contributed by atoms with E-state index < -0.39 is 8.25 Å². The molecule has 0 saturated heterocycles. The second-order valence-corrected chi connectivity index (χ2v) is 4.95. The van der Waals surface area contributed by atoms with Gasteiger partial charge in [-0.1, -0.05) is 38.2 Å². The molecule has 0 spiro atoms. The number of unbranched alkanes of at least 4 members (excludes halogenated alkanes) is 6. The lowest BCUT2D eigenvalue weighted by Crippen LogP contribution is -2.01. The van der Waals surface area contributed by atoms with Gasteiger partial charge in [-0.2, -0.15) is 0 Å². The summed E-state index contributed by atoms with van der Waals surface area (Å²) in [6, 6.07) is 0. The molecular formula is C13H24O5P+. The fourth-order valence-corrected chi connectivity index (χ4v) is 1.87. The molecule has 19 heavy (non-hydrogen) atoms. The summed E-state index contributed by atoms with van der Waals surface area (Å²) in [5.74, 6) is -0.273. The largest absolute Gasteiger partial charge is 0.694 e. The molecule has 0 aromatic rings. The first-order valence-corrected chi connectivity index (χ1v) is 7.88. The van der Waals surface area contributed by atoms with Crippen LogP contribution in [0.2, 0.25) is 0 Å². The van der Waals surface area contributed by atoms with Gasteiger partial charge < -0.3 is 4.74 Å². The molecule has 1 atom stereocenters. The van der Waals surface area contributed by atoms with Crippen LogP contribution >= 0.6 is 8.25 Å². The van der Waals surface area contributed by atoms with E-state index in [1.54, 1.807) is 13.0 Å². The van der Waals surface area contributed by atoms with E-state index in [2.05, 4.69) is 4.52 Å². The van der Waals surface area contributed by atoms with Gasteiger partial charge >= 0.3 is 14.2 Å². The van der Waals surface area contributed by atoms with Gasteiger partial charge in [-0.25, -0.2) is 4.79 Å². The number of hydrogen-bond donors (Lipinski definition) is 1. The molecule has 6 heteroatoms. The molecule has 0 aliphatic rings. The topological polar surface area (TPSA) is 72.8 Å². The number of allylic oxidation sites excluding steroid dienone is 1. The third-order valence-corrected chi connectivity index (χ3v) is 2.94. The van der Waals surface area contributed by atoms with E-state index in [4.69, 9.17) is 9.63 Å². The van der Waals surface area contributed by atoms with Gasteiger partial charge in [-0.05, 0) is 19.8 Å². The summed E-state index contributed by atoms with van der Waals surface area (Å²) in [7, 11) is -2.44. The van der Waals surface area contributed by atoms with Crippen molar-refractivity contribution >= 4 is 14.2 Å². The lowest BCUT2D eigenvalue weighted by Gasteiger charge is -2.02. The molecule has 0 saturated carbocycles. The first-order valence-electron chi connectivity index (χ1n) is 6.75. The minimum atomic E-state index is -2.44. The van der Waals surface area contributed by atoms with Crippen LogP contribution in [0.15, 0.2) is 12.2 Å². The van der Waals surface area contributed by atoms with Crippen LogP contribution in [-0.4, -0.2) is 24.1 Å². The Morgan fingerprint density at radius 3 is 2.11 bits per heavy atom. The van der Waals surface area contributed by atoms with Gasteiger partial charge in [0.15, 0.2) is 0 Å². The van der Waals surface area contributed by atoms with E-state index >= 15 is 0 Å². The van der Waals surface area contributed by atoms with Gasteiger partial charge in [-0.3, -0.25) is 0 Å². The van der Waals surface area contributed by atoms with Crippen molar-refractivity contribution in [3.05, 3.63) is 12.2 Å². The molecule has 0 bridgehead atoms. The van der Waals surface area contributed by atoms with E-state index in [-0.39, 0.29) is 5.97 Å². The molecule has 0 radical (unpaired) electrons. The van der Waals surface area contributed by atoms with E-state index in [1.807, 2.05) is 0 Å². The highest BCUT2D eigenvalue weighted by Gasteiger charge is 2.09. The molecule has 0 aliphatic heterocycles. The fraction of sp³-hybridized carbons (Fsp3) is 0.769. The highest BCUT2D eigenvalue weighted by Crippen LogP contribution is 2.15. The highest BCUT2D eigenvalue weighted by molar-refractivity contribution is 7.32. The number of hydrogen-bond acceptors (Lipinski definition) is 4. The molecular weight excluding hydrogens is 267 g/mol. The van der Waals surface area contributed by atoms with Crippen molar-refractivity contribution in [2.24, 2.45) is 0 Å². The van der Waals surface area contributed by atoms with Crippen LogP contribution in [0.25, 0.3) is 0 Å². The van der Waals surface area contributed by atoms with Crippen LogP contribution < -0.4 is 0 Å². The average molecular weight is 291 g/mol. The van der Waals surface area contributed by atoms with Crippen LogP contribution in [0.1, 0.15) is 51.9 Å². The molecule has 0 rings (SSSR count). The van der Waals surface area contributed by atoms with Crippen LogP contribution in [0.4, 0.5) is 0 Å². The quantitative estimate of drug-likeness (QED) is 0.258. The van der Waals surface area contributed by atoms with Gasteiger partial charge in [0.2, 0.25) is 0 Å². The molecule has 0 amide bonds. The van der Waals surface area contributed by atoms with E-state index in [1.165, 1.54) is 6.08 Å². The Bertz CT molecular complexity index is 278. The van der Waals surface area contributed by atoms with E-state index in [0.29, 0.717) is 13.2 Å². The maximum Gasteiger partial charge on any atom is 0.694 e. The van der Waals surface area contributed by atoms with Gasteiger partial charge in [0.1, 0.15) is 6.61 Å². The van der Waals surface area contributed by atoms with Gasteiger partial charge in [-0.15, -0.1) is 9.42 Å². The zero-order chi connectivity index (χ0) is 14.3. The molecule has 1 unspecified atom stereocenters. The molecule has 110 valence electrons. The van der Waals surface area contributed by atoms with Crippen molar-refractivity contribution in [3.8, 4) is 0 Å². The summed E-state index contributed by atoms with van der Waals surface area (Å²) in [4.78, 5) is 19.4. The van der Waals surface area contributed by atoms with Gasteiger partial charge in [0.05, 0.1) is 6.61 Å². The summed E-state index contributed by atoms with van der Waals surface area (Å²) in [5.41, 5.74) is 0. The molecule has 0 aromatic heterocycles. The summed E-state index contributed by atoms with van der Waals surface area (Å²) >= 11 is 0. The average Bonchev–Trinajstić information content (AvgIpc) is 2.36. The summed E-state index contributed by atoms with van der Waals surface area (Å²) in [6.45, 7) is 2.62. The predicted octanol–water partition coefficient (Wildman–Crippen LogP) is 3.50. The molecule has 0 heterocycles. The predicted molar refractivity (Wildman–Crippen MR) is 73.9 cm³/mol. The minimum Gasteiger partial charge on any atom is -0.463 e. The molecule has 1 N–H and O–H groups in total. The molecule has 5 nitrogen and oxygen atoms in total. The lowest BCUT2D eigenvalue weighted by atomic mass is 10.1. The Morgan fingerprint density at radius 2 is 1.58 bits per heavy atom. The second-order valence-electron chi connectivity index (χ2n) is 4.21. The standard InChI is InChI=1S/C13H23O5P/c1-2-10-13(14)17-11-8-6-4-3-5-7-9-12-18-19(15)16/h2,10H,3-9,11-12H2,1H3/p+1. The Kier molecular flexibility index (Phi) is 13.1. The smallest absolute Gasteiger partial charge is 0.463 e. The Morgan fingerprint density at radius 1 is 1.05 bits per heavy atom. The lowest BCUT2D eigenvalue weighted by molar-refractivity contribution is -0.137. The number of esters is 1. The van der Waals surface area contributed by atoms with Crippen molar-refractivity contribution in [2.45, 2.75) is 51.9 Å². The number of rotatable bonds is 12. The SMILES string of the molecule is CC=CC(=O)OCCCCCCCCCO[P+](=O)O. The highest BCUT2D eigenvalue weighted by atomic mass is 31.1. The Hall–Kier alpha value is -0.770. The van der Waals surface area contributed by atoms with Crippen LogP contribution in [0.3, 0.4) is 0 Å². The van der Waals surface area contributed by atoms with Crippen molar-refractivity contribution in [3.63, 3.8) is 0 Å². The third-order valence-electron chi connectivity index (χ3n) is 2.54. The maximum absolute atomic E-state index is 11.0. The van der Waals surface area contributed by atoms with E-state index in [9.17, 15) is 9.36 Å². The zero-order valence-corrected chi connectivity index (χ0v) is 12.4. The second kappa shape index (κ2) is 13.7. The van der Waals surface area contributed by atoms with Crippen molar-refractivity contribution in [1.29, 1.82) is 0 Å². The van der Waals surface area contributed by atoms with Crippen molar-refractivity contribution < 1.29 is 23.5 Å². The number of ether oxygens (including phenoxy) is 1. The molecule has 0 fully saturated rings. The summed E-state index contributed by atoms with van der Waals surface area (Å²) in [6.07, 6.45) is 10.2. The first kappa shape index (κ1) is 18.2. The number of carbonyl (C=O) groups excluding carboxylic acids is 1. The minimum absolute atomic E-state index is 0.273. The molecule has 0 aliphatic carbocycles. The van der Waals surface area contributed by atoms with Gasteiger partial charge in [0, 0.05) is 10.6 Å². The van der Waals surface area contributed by atoms with Crippen molar-refractivity contribution in [2.75, 3.05) is 13.2 Å². The third kappa shape index (κ3) is 15.2. The Labute approximate surface area is 115 Å². The number of carbonyl (C=O) groups is 1. The van der Waals surface area contributed by atoms with Crippen LogP contribution in [0, 0.1) is 0 Å². The normalized spacial score (nSPS) is 11.8. The van der Waals surface area contributed by atoms with E-state index in [0.717, 1.165) is 44.9 Å². The fourth-order valence-electron chi connectivity index (χ4n) is 1.59. The maximum atomic E-state index is 11.0. The monoisotopic (exact) mass is 291 g/mol. The van der Waals surface area contributed by atoms with Crippen molar-refractivity contribution in [1.82, 2.24) is 0 Å². The summed E-state index contributed by atoms with van der Waals surface area (Å²) in [5, 5.41) is 0. The Balaban J connectivity index is 3.11. The van der Waals surface area contributed by atoms with Crippen LogP contribution in [0.5, 0.6) is 0 Å². The van der Waals surface area contributed by atoms with Gasteiger partial charge in [0.25, 0.3) is 0 Å². The zero-order valence-electron chi connectivity index (χ0n) is 11.5.